The first-order chi connectivity index (χ1) is 12.2. The minimum Gasteiger partial charge on any atom is -0.325 e. The molecule has 136 valence electrons. The molecule has 0 saturated heterocycles. The number of anilines is 2. The lowest BCUT2D eigenvalue weighted by Gasteiger charge is -2.22. The van der Waals surface area contributed by atoms with Gasteiger partial charge < -0.3 is 5.32 Å². The van der Waals surface area contributed by atoms with Gasteiger partial charge in [-0.3, -0.25) is 9.10 Å². The summed E-state index contributed by atoms with van der Waals surface area (Å²) < 4.78 is 51.4. The van der Waals surface area contributed by atoms with Crippen molar-refractivity contribution in [3.63, 3.8) is 0 Å². The van der Waals surface area contributed by atoms with Gasteiger partial charge in [0.15, 0.2) is 0 Å². The van der Waals surface area contributed by atoms with E-state index in [9.17, 15) is 22.0 Å². The maximum atomic E-state index is 13.9. The van der Waals surface area contributed by atoms with Crippen LogP contribution in [0.3, 0.4) is 0 Å². The molecule has 2 aromatic carbocycles. The van der Waals surface area contributed by atoms with Crippen LogP contribution in [0.5, 0.6) is 0 Å². The average Bonchev–Trinajstić information content (AvgIpc) is 2.54. The van der Waals surface area contributed by atoms with E-state index in [1.807, 2.05) is 6.07 Å². The van der Waals surface area contributed by atoms with Gasteiger partial charge in [-0.05, 0) is 29.8 Å². The van der Waals surface area contributed by atoms with Crippen LogP contribution in [0.4, 0.5) is 20.2 Å². The first-order valence-corrected chi connectivity index (χ1v) is 9.24. The summed E-state index contributed by atoms with van der Waals surface area (Å²) in [6.45, 7) is -0.679. The van der Waals surface area contributed by atoms with Crippen LogP contribution < -0.4 is 9.62 Å². The number of nitrogens with one attached hydrogen (secondary N) is 1. The van der Waals surface area contributed by atoms with Crippen LogP contribution in [0.2, 0.25) is 0 Å². The van der Waals surface area contributed by atoms with E-state index in [1.54, 1.807) is 24.3 Å². The molecule has 9 heteroatoms. The van der Waals surface area contributed by atoms with Gasteiger partial charge in [0.25, 0.3) is 0 Å². The maximum absolute atomic E-state index is 13.9. The van der Waals surface area contributed by atoms with E-state index < -0.39 is 39.8 Å². The Balaban J connectivity index is 2.18. The fourth-order valence-electron chi connectivity index (χ4n) is 2.19. The molecule has 0 aliphatic heterocycles. The van der Waals surface area contributed by atoms with Crippen LogP contribution in [-0.4, -0.2) is 27.1 Å². The number of carbonyl (C=O) groups excluding carboxylic acids is 1. The molecule has 6 nitrogen and oxygen atoms in total. The third-order valence-corrected chi connectivity index (χ3v) is 4.51. The number of sulfonamides is 1. The summed E-state index contributed by atoms with van der Waals surface area (Å²) in [5, 5.41) is 11.1. The molecule has 0 radical (unpaired) electrons. The summed E-state index contributed by atoms with van der Waals surface area (Å²) >= 11 is 0. The molecule has 0 aliphatic carbocycles. The molecule has 0 bridgehead atoms. The molecule has 2 aromatic rings. The van der Waals surface area contributed by atoms with E-state index in [2.05, 4.69) is 5.32 Å². The molecule has 0 aromatic heterocycles. The van der Waals surface area contributed by atoms with Gasteiger partial charge in [0.05, 0.1) is 24.4 Å². The van der Waals surface area contributed by atoms with Crippen LogP contribution in [0, 0.1) is 23.0 Å². The van der Waals surface area contributed by atoms with Gasteiger partial charge in [-0.1, -0.05) is 12.1 Å². The lowest BCUT2D eigenvalue weighted by atomic mass is 10.1. The van der Waals surface area contributed by atoms with Crippen molar-refractivity contribution >= 4 is 27.3 Å². The average molecular weight is 379 g/mol. The molecule has 0 spiro atoms. The first kappa shape index (κ1) is 19.3. The van der Waals surface area contributed by atoms with Crippen molar-refractivity contribution in [3.05, 3.63) is 59.7 Å². The Hall–Kier alpha value is -2.99. The van der Waals surface area contributed by atoms with E-state index in [0.29, 0.717) is 16.1 Å². The zero-order valence-corrected chi connectivity index (χ0v) is 14.6. The molecular weight excluding hydrogens is 364 g/mol. The van der Waals surface area contributed by atoms with E-state index >= 15 is 0 Å². The zero-order valence-electron chi connectivity index (χ0n) is 13.7. The fraction of sp³-hybridized carbons (Fsp3) is 0.176. The second-order valence-corrected chi connectivity index (χ2v) is 7.35. The molecule has 1 amide bonds. The van der Waals surface area contributed by atoms with Gasteiger partial charge in [0.2, 0.25) is 15.9 Å². The number of hydrogen-bond acceptors (Lipinski definition) is 4. The molecule has 0 atom stereocenters. The van der Waals surface area contributed by atoms with Gasteiger partial charge in [-0.2, -0.15) is 5.26 Å². The second kappa shape index (κ2) is 7.93. The number of halogens is 2. The monoisotopic (exact) mass is 379 g/mol. The summed E-state index contributed by atoms with van der Waals surface area (Å²) in [5.74, 6) is -2.65. The summed E-state index contributed by atoms with van der Waals surface area (Å²) in [7, 11) is -3.98. The topological polar surface area (TPSA) is 90.3 Å². The summed E-state index contributed by atoms with van der Waals surface area (Å²) in [4.78, 5) is 12.2. The Labute approximate surface area is 149 Å². The second-order valence-electron chi connectivity index (χ2n) is 5.45. The van der Waals surface area contributed by atoms with Crippen LogP contribution in [-0.2, 0) is 21.2 Å². The van der Waals surface area contributed by atoms with E-state index in [1.165, 1.54) is 0 Å². The highest BCUT2D eigenvalue weighted by molar-refractivity contribution is 7.92. The van der Waals surface area contributed by atoms with E-state index in [4.69, 9.17) is 5.26 Å². The Morgan fingerprint density at radius 1 is 1.19 bits per heavy atom. The lowest BCUT2D eigenvalue weighted by molar-refractivity contribution is -0.114. The highest BCUT2D eigenvalue weighted by atomic mass is 32.2. The Morgan fingerprint density at radius 3 is 2.38 bits per heavy atom. The van der Waals surface area contributed by atoms with Crippen molar-refractivity contribution in [2.45, 2.75) is 6.42 Å². The number of rotatable bonds is 6. The molecule has 2 rings (SSSR count). The van der Waals surface area contributed by atoms with Gasteiger partial charge >= 0.3 is 0 Å². The molecule has 1 N–H and O–H groups in total. The number of amides is 1. The van der Waals surface area contributed by atoms with E-state index in [-0.39, 0.29) is 6.42 Å². The third-order valence-electron chi connectivity index (χ3n) is 3.39. The van der Waals surface area contributed by atoms with Gasteiger partial charge in [0, 0.05) is 11.8 Å². The molecule has 0 fully saturated rings. The molecule has 0 heterocycles. The summed E-state index contributed by atoms with van der Waals surface area (Å²) in [5.41, 5.74) is 0.731. The van der Waals surface area contributed by atoms with Gasteiger partial charge in [-0.15, -0.1) is 0 Å². The van der Waals surface area contributed by atoms with Gasteiger partial charge in [-0.25, -0.2) is 17.2 Å². The van der Waals surface area contributed by atoms with E-state index in [0.717, 1.165) is 24.0 Å². The fourth-order valence-corrected chi connectivity index (χ4v) is 3.05. The van der Waals surface area contributed by atoms with Crippen LogP contribution >= 0.6 is 0 Å². The lowest BCUT2D eigenvalue weighted by Crippen LogP contribution is -2.38. The van der Waals surface area contributed by atoms with Crippen LogP contribution in [0.1, 0.15) is 5.56 Å². The normalized spacial score (nSPS) is 10.8. The van der Waals surface area contributed by atoms with Crippen molar-refractivity contribution in [3.8, 4) is 6.07 Å². The largest absolute Gasteiger partial charge is 0.325 e. The maximum Gasteiger partial charge on any atom is 0.245 e. The highest BCUT2D eigenvalue weighted by Crippen LogP contribution is 2.22. The Morgan fingerprint density at radius 2 is 1.85 bits per heavy atom. The summed E-state index contributed by atoms with van der Waals surface area (Å²) in [6, 6.07) is 10.8. The van der Waals surface area contributed by atoms with Crippen molar-refractivity contribution in [1.82, 2.24) is 0 Å². The number of benzene rings is 2. The minimum atomic E-state index is -3.98. The smallest absolute Gasteiger partial charge is 0.245 e. The molecular formula is C17H15F2N3O3S. The number of carbonyl (C=O) groups is 1. The minimum absolute atomic E-state index is 0.222. The Bertz CT molecular complexity index is 954. The number of hydrogen-bond donors (Lipinski definition) is 1. The molecule has 0 saturated carbocycles. The quantitative estimate of drug-likeness (QED) is 0.835. The predicted octanol–water partition coefficient (Wildman–Crippen LogP) is 2.44. The van der Waals surface area contributed by atoms with Crippen molar-refractivity contribution < 1.29 is 22.0 Å². The number of nitrogens with zero attached hydrogens (tertiary/aromatic N) is 2. The van der Waals surface area contributed by atoms with Crippen molar-refractivity contribution in [1.29, 1.82) is 5.26 Å². The van der Waals surface area contributed by atoms with Crippen LogP contribution in [0.25, 0.3) is 0 Å². The predicted molar refractivity (Wildman–Crippen MR) is 92.9 cm³/mol. The highest BCUT2D eigenvalue weighted by Gasteiger charge is 2.24. The summed E-state index contributed by atoms with van der Waals surface area (Å²) in [6.07, 6.45) is 1.04. The van der Waals surface area contributed by atoms with Crippen molar-refractivity contribution in [2.75, 3.05) is 22.4 Å². The number of nitriles is 1. The van der Waals surface area contributed by atoms with Crippen molar-refractivity contribution in [2.24, 2.45) is 0 Å². The standard InChI is InChI=1S/C17H15F2N3O3S/c1-26(24,25)22(16-7-4-13(18)10-15(16)19)11-17(23)21-14-5-2-12(3-6-14)8-9-20/h2-7,10H,8,11H2,1H3,(H,21,23). The first-order valence-electron chi connectivity index (χ1n) is 7.39. The molecule has 26 heavy (non-hydrogen) atoms. The molecule has 0 unspecified atom stereocenters. The SMILES string of the molecule is CS(=O)(=O)N(CC(=O)Nc1ccc(CC#N)cc1)c1ccc(F)cc1F. The van der Waals surface area contributed by atoms with Gasteiger partial charge in [0.1, 0.15) is 18.2 Å². The van der Waals surface area contributed by atoms with Crippen LogP contribution in [0.15, 0.2) is 42.5 Å². The molecule has 0 aliphatic rings. The zero-order chi connectivity index (χ0) is 19.3. The third kappa shape index (κ3) is 5.00. The Kier molecular flexibility index (Phi) is 5.90.